The van der Waals surface area contributed by atoms with E-state index in [1.54, 1.807) is 6.92 Å². The minimum absolute atomic E-state index is 0.206. The summed E-state index contributed by atoms with van der Waals surface area (Å²) >= 11 is 0. The van der Waals surface area contributed by atoms with Crippen LogP contribution in [0.25, 0.3) is 11.1 Å². The number of rotatable bonds is 7. The standard InChI is InChI=1S/C19H23NO2/c1-14(21)8-9-15-4-2-5-16(12-15)17-6-3-7-18(13-17)19(22)10-11-20/h2-7,12-13,19,22H,8-11,20H2,1H3. The molecular weight excluding hydrogens is 274 g/mol. The van der Waals surface area contributed by atoms with Crippen molar-refractivity contribution in [1.82, 2.24) is 0 Å². The molecule has 0 saturated carbocycles. The van der Waals surface area contributed by atoms with E-state index >= 15 is 0 Å². The van der Waals surface area contributed by atoms with E-state index in [-0.39, 0.29) is 5.78 Å². The van der Waals surface area contributed by atoms with Gasteiger partial charge in [0, 0.05) is 6.42 Å². The van der Waals surface area contributed by atoms with Crippen LogP contribution in [0.2, 0.25) is 0 Å². The Labute approximate surface area is 131 Å². The molecule has 0 aliphatic rings. The number of hydrogen-bond donors (Lipinski definition) is 2. The van der Waals surface area contributed by atoms with Crippen LogP contribution < -0.4 is 5.73 Å². The second kappa shape index (κ2) is 7.87. The van der Waals surface area contributed by atoms with Crippen LogP contribution in [0.1, 0.15) is 37.0 Å². The number of carbonyl (C=O) groups is 1. The predicted octanol–water partition coefficient (Wildman–Crippen LogP) is 3.26. The zero-order chi connectivity index (χ0) is 15.9. The quantitative estimate of drug-likeness (QED) is 0.824. The average Bonchev–Trinajstić information content (AvgIpc) is 2.53. The predicted molar refractivity (Wildman–Crippen MR) is 89.5 cm³/mol. The van der Waals surface area contributed by atoms with Gasteiger partial charge in [-0.3, -0.25) is 0 Å². The smallest absolute Gasteiger partial charge is 0.130 e. The maximum absolute atomic E-state index is 11.1. The molecule has 0 aliphatic heterocycles. The maximum Gasteiger partial charge on any atom is 0.130 e. The van der Waals surface area contributed by atoms with Gasteiger partial charge in [0.15, 0.2) is 0 Å². The Morgan fingerprint density at radius 1 is 1.14 bits per heavy atom. The van der Waals surface area contributed by atoms with Crippen molar-refractivity contribution in [2.45, 2.75) is 32.3 Å². The third-order valence-corrected chi connectivity index (χ3v) is 3.74. The largest absolute Gasteiger partial charge is 0.388 e. The van der Waals surface area contributed by atoms with Crippen molar-refractivity contribution < 1.29 is 9.90 Å². The molecule has 1 unspecified atom stereocenters. The van der Waals surface area contributed by atoms with Crippen LogP contribution in [0.15, 0.2) is 48.5 Å². The molecule has 0 spiro atoms. The molecule has 2 rings (SSSR count). The minimum Gasteiger partial charge on any atom is -0.388 e. The fourth-order valence-electron chi connectivity index (χ4n) is 2.48. The molecule has 0 amide bonds. The van der Waals surface area contributed by atoms with Gasteiger partial charge in [-0.05, 0) is 54.6 Å². The van der Waals surface area contributed by atoms with Crippen LogP contribution in [0.5, 0.6) is 0 Å². The van der Waals surface area contributed by atoms with Crippen LogP contribution in [-0.4, -0.2) is 17.4 Å². The number of carbonyl (C=O) groups excluding carboxylic acids is 1. The fourth-order valence-corrected chi connectivity index (χ4v) is 2.48. The van der Waals surface area contributed by atoms with E-state index in [2.05, 4.69) is 6.07 Å². The number of nitrogens with two attached hydrogens (primary N) is 1. The van der Waals surface area contributed by atoms with Gasteiger partial charge in [0.1, 0.15) is 5.78 Å². The molecule has 0 radical (unpaired) electrons. The summed E-state index contributed by atoms with van der Waals surface area (Å²) in [4.78, 5) is 11.1. The maximum atomic E-state index is 11.1. The highest BCUT2D eigenvalue weighted by Crippen LogP contribution is 2.25. The molecule has 22 heavy (non-hydrogen) atoms. The number of aryl methyl sites for hydroxylation is 1. The van der Waals surface area contributed by atoms with Gasteiger partial charge in [0.25, 0.3) is 0 Å². The lowest BCUT2D eigenvalue weighted by atomic mass is 9.97. The minimum atomic E-state index is -0.522. The van der Waals surface area contributed by atoms with E-state index in [9.17, 15) is 9.90 Å². The summed E-state index contributed by atoms with van der Waals surface area (Å²) in [7, 11) is 0. The van der Waals surface area contributed by atoms with Crippen LogP contribution in [-0.2, 0) is 11.2 Å². The van der Waals surface area contributed by atoms with E-state index in [0.717, 1.165) is 28.7 Å². The van der Waals surface area contributed by atoms with E-state index in [1.165, 1.54) is 0 Å². The molecule has 3 N–H and O–H groups in total. The molecule has 0 saturated heterocycles. The molecule has 2 aromatic rings. The van der Waals surface area contributed by atoms with Crippen molar-refractivity contribution >= 4 is 5.78 Å². The topological polar surface area (TPSA) is 63.3 Å². The Morgan fingerprint density at radius 2 is 1.82 bits per heavy atom. The third-order valence-electron chi connectivity index (χ3n) is 3.74. The SMILES string of the molecule is CC(=O)CCc1cccc(-c2cccc(C(O)CCN)c2)c1. The number of ketones is 1. The van der Waals surface area contributed by atoms with E-state index in [4.69, 9.17) is 5.73 Å². The van der Waals surface area contributed by atoms with E-state index in [0.29, 0.717) is 19.4 Å². The van der Waals surface area contributed by atoms with E-state index < -0.39 is 6.10 Å². The van der Waals surface area contributed by atoms with Crippen LogP contribution in [0.4, 0.5) is 0 Å². The first-order valence-electron chi connectivity index (χ1n) is 7.67. The van der Waals surface area contributed by atoms with Crippen molar-refractivity contribution in [2.75, 3.05) is 6.54 Å². The monoisotopic (exact) mass is 297 g/mol. The van der Waals surface area contributed by atoms with Gasteiger partial charge in [-0.25, -0.2) is 0 Å². The molecule has 0 aromatic heterocycles. The van der Waals surface area contributed by atoms with Gasteiger partial charge in [-0.2, -0.15) is 0 Å². The molecule has 2 aromatic carbocycles. The van der Waals surface area contributed by atoms with Crippen LogP contribution in [0, 0.1) is 0 Å². The first kappa shape index (κ1) is 16.4. The van der Waals surface area contributed by atoms with Crippen molar-refractivity contribution in [3.8, 4) is 11.1 Å². The van der Waals surface area contributed by atoms with Gasteiger partial charge < -0.3 is 15.6 Å². The molecular formula is C19H23NO2. The van der Waals surface area contributed by atoms with Gasteiger partial charge in [-0.1, -0.05) is 42.5 Å². The summed E-state index contributed by atoms with van der Waals surface area (Å²) in [6, 6.07) is 16.1. The molecule has 116 valence electrons. The van der Waals surface area contributed by atoms with Crippen molar-refractivity contribution in [3.05, 3.63) is 59.7 Å². The van der Waals surface area contributed by atoms with Crippen LogP contribution >= 0.6 is 0 Å². The molecule has 0 fully saturated rings. The van der Waals surface area contributed by atoms with Crippen molar-refractivity contribution in [3.63, 3.8) is 0 Å². The summed E-state index contributed by atoms with van der Waals surface area (Å²) in [5.41, 5.74) is 9.71. The molecule has 3 nitrogen and oxygen atoms in total. The number of hydrogen-bond acceptors (Lipinski definition) is 3. The lowest BCUT2D eigenvalue weighted by Gasteiger charge is -2.12. The van der Waals surface area contributed by atoms with Crippen molar-refractivity contribution in [2.24, 2.45) is 5.73 Å². The Kier molecular flexibility index (Phi) is 5.87. The Hall–Kier alpha value is -1.97. The lowest BCUT2D eigenvalue weighted by Crippen LogP contribution is -2.06. The summed E-state index contributed by atoms with van der Waals surface area (Å²) in [6.45, 7) is 2.08. The highest BCUT2D eigenvalue weighted by Gasteiger charge is 2.08. The second-order valence-electron chi connectivity index (χ2n) is 5.62. The summed E-state index contributed by atoms with van der Waals surface area (Å²) < 4.78 is 0. The molecule has 1 atom stereocenters. The fraction of sp³-hybridized carbons (Fsp3) is 0.316. The first-order valence-corrected chi connectivity index (χ1v) is 7.67. The Balaban J connectivity index is 2.22. The van der Waals surface area contributed by atoms with Gasteiger partial charge in [0.2, 0.25) is 0 Å². The van der Waals surface area contributed by atoms with Crippen LogP contribution in [0.3, 0.4) is 0 Å². The number of aliphatic hydroxyl groups excluding tert-OH is 1. The number of aliphatic hydroxyl groups is 1. The number of benzene rings is 2. The average molecular weight is 297 g/mol. The van der Waals surface area contributed by atoms with E-state index in [1.807, 2.05) is 42.5 Å². The summed E-state index contributed by atoms with van der Waals surface area (Å²) in [5.74, 6) is 0.206. The Bertz CT molecular complexity index is 637. The first-order chi connectivity index (χ1) is 10.6. The normalized spacial score (nSPS) is 12.1. The highest BCUT2D eigenvalue weighted by atomic mass is 16.3. The zero-order valence-corrected chi connectivity index (χ0v) is 13.0. The molecule has 0 heterocycles. The summed E-state index contributed by atoms with van der Waals surface area (Å²) in [5, 5.41) is 10.1. The van der Waals surface area contributed by atoms with Gasteiger partial charge >= 0.3 is 0 Å². The number of Topliss-reactive ketones (excluding diaryl/α,β-unsaturated/α-hetero) is 1. The third kappa shape index (κ3) is 4.52. The van der Waals surface area contributed by atoms with Gasteiger partial charge in [-0.15, -0.1) is 0 Å². The van der Waals surface area contributed by atoms with Gasteiger partial charge in [0.05, 0.1) is 6.10 Å². The summed E-state index contributed by atoms with van der Waals surface area (Å²) in [6.07, 6.45) is 1.37. The highest BCUT2D eigenvalue weighted by molar-refractivity contribution is 5.75. The Morgan fingerprint density at radius 3 is 2.50 bits per heavy atom. The molecule has 0 aliphatic carbocycles. The molecule has 0 bridgehead atoms. The van der Waals surface area contributed by atoms with Crippen molar-refractivity contribution in [1.29, 1.82) is 0 Å². The second-order valence-corrected chi connectivity index (χ2v) is 5.62. The molecule has 3 heteroatoms. The lowest BCUT2D eigenvalue weighted by molar-refractivity contribution is -0.116. The zero-order valence-electron chi connectivity index (χ0n) is 13.0.